The molecule has 4 nitrogen and oxygen atoms in total. The molecule has 3 rings (SSSR count). The summed E-state index contributed by atoms with van der Waals surface area (Å²) in [7, 11) is 3.62. The quantitative estimate of drug-likeness (QED) is 0.522. The zero-order chi connectivity index (χ0) is 18.9. The maximum Gasteiger partial charge on any atom is 0.334 e. The van der Waals surface area contributed by atoms with Crippen LogP contribution >= 0.6 is 0 Å². The zero-order valence-corrected chi connectivity index (χ0v) is 16.8. The molecule has 0 radical (unpaired) electrons. The third-order valence-electron chi connectivity index (χ3n) is 7.56. The molecule has 146 valence electrons. The Labute approximate surface area is 158 Å². The molecule has 0 aromatic carbocycles. The van der Waals surface area contributed by atoms with Gasteiger partial charge in [0.25, 0.3) is 0 Å². The Hall–Kier alpha value is -1.13. The van der Waals surface area contributed by atoms with E-state index in [2.05, 4.69) is 20.4 Å². The van der Waals surface area contributed by atoms with Crippen LogP contribution in [-0.4, -0.2) is 39.5 Å². The summed E-state index contributed by atoms with van der Waals surface area (Å²) in [6, 6.07) is 0. The molecule has 5 atom stereocenters. The summed E-state index contributed by atoms with van der Waals surface area (Å²) in [5.41, 5.74) is 2.39. The minimum atomic E-state index is -0.138. The Morgan fingerprint density at radius 2 is 2.08 bits per heavy atom. The van der Waals surface area contributed by atoms with E-state index < -0.39 is 0 Å². The smallest absolute Gasteiger partial charge is 0.334 e. The topological polar surface area (TPSA) is 44.8 Å². The van der Waals surface area contributed by atoms with Crippen LogP contribution in [0.4, 0.5) is 0 Å². The zero-order valence-electron chi connectivity index (χ0n) is 16.8. The fourth-order valence-corrected chi connectivity index (χ4v) is 6.29. The van der Waals surface area contributed by atoms with Crippen molar-refractivity contribution in [2.75, 3.05) is 27.4 Å². The molecule has 4 heteroatoms. The molecule has 1 aliphatic heterocycles. The SMILES string of the molecule is C=C1CCC2C(C)(CCC(OC)[C@@]2(C)COC)C1CCC1=CCOC1=O. The van der Waals surface area contributed by atoms with Gasteiger partial charge >= 0.3 is 5.97 Å². The van der Waals surface area contributed by atoms with Crippen molar-refractivity contribution in [3.63, 3.8) is 0 Å². The van der Waals surface area contributed by atoms with Crippen LogP contribution in [0.3, 0.4) is 0 Å². The first kappa shape index (κ1) is 19.6. The van der Waals surface area contributed by atoms with Crippen LogP contribution in [0.15, 0.2) is 23.8 Å². The van der Waals surface area contributed by atoms with E-state index >= 15 is 0 Å². The fraction of sp³-hybridized carbons (Fsp3) is 0.773. The second-order valence-electron chi connectivity index (χ2n) is 8.88. The van der Waals surface area contributed by atoms with Crippen molar-refractivity contribution in [1.29, 1.82) is 0 Å². The van der Waals surface area contributed by atoms with Gasteiger partial charge in [-0.25, -0.2) is 4.79 Å². The fourth-order valence-electron chi connectivity index (χ4n) is 6.29. The summed E-state index contributed by atoms with van der Waals surface area (Å²) in [5, 5.41) is 0. The largest absolute Gasteiger partial charge is 0.458 e. The number of hydrogen-bond donors (Lipinski definition) is 0. The van der Waals surface area contributed by atoms with E-state index in [-0.39, 0.29) is 22.9 Å². The first-order chi connectivity index (χ1) is 12.4. The van der Waals surface area contributed by atoms with Crippen LogP contribution in [0.25, 0.3) is 0 Å². The number of rotatable bonds is 6. The van der Waals surface area contributed by atoms with Crippen LogP contribution in [0, 0.1) is 22.7 Å². The van der Waals surface area contributed by atoms with Gasteiger partial charge in [-0.15, -0.1) is 0 Å². The highest BCUT2D eigenvalue weighted by Crippen LogP contribution is 2.62. The third-order valence-corrected chi connectivity index (χ3v) is 7.56. The summed E-state index contributed by atoms with van der Waals surface area (Å²) in [5.74, 6) is 0.832. The second kappa shape index (κ2) is 7.47. The van der Waals surface area contributed by atoms with E-state index in [1.54, 1.807) is 7.11 Å². The highest BCUT2D eigenvalue weighted by Gasteiger charge is 2.58. The lowest BCUT2D eigenvalue weighted by molar-refractivity contribution is -0.167. The molecule has 0 N–H and O–H groups in total. The number of ether oxygens (including phenoxy) is 3. The predicted octanol–water partition coefficient (Wildman–Crippen LogP) is 4.30. The molecule has 26 heavy (non-hydrogen) atoms. The molecule has 0 bridgehead atoms. The van der Waals surface area contributed by atoms with Gasteiger partial charge in [-0.2, -0.15) is 0 Å². The molecule has 0 aromatic rings. The number of carbonyl (C=O) groups excluding carboxylic acids is 1. The second-order valence-corrected chi connectivity index (χ2v) is 8.88. The van der Waals surface area contributed by atoms with Gasteiger partial charge in [0.1, 0.15) is 6.61 Å². The van der Waals surface area contributed by atoms with Crippen molar-refractivity contribution < 1.29 is 19.0 Å². The van der Waals surface area contributed by atoms with E-state index in [4.69, 9.17) is 14.2 Å². The van der Waals surface area contributed by atoms with Gasteiger partial charge in [0.15, 0.2) is 0 Å². The number of allylic oxidation sites excluding steroid dienone is 1. The molecule has 0 amide bonds. The molecule has 3 aliphatic rings. The lowest BCUT2D eigenvalue weighted by atomic mass is 9.46. The monoisotopic (exact) mass is 362 g/mol. The van der Waals surface area contributed by atoms with Crippen LogP contribution in [0.1, 0.15) is 52.4 Å². The summed E-state index contributed by atoms with van der Waals surface area (Å²) >= 11 is 0. The number of cyclic esters (lactones) is 1. The molecule has 2 fully saturated rings. The molecular weight excluding hydrogens is 328 g/mol. The minimum absolute atomic E-state index is 0.0149. The summed E-state index contributed by atoms with van der Waals surface area (Å²) in [6.07, 6.45) is 8.35. The van der Waals surface area contributed by atoms with Gasteiger partial charge in [0, 0.05) is 25.2 Å². The Kier molecular flexibility index (Phi) is 5.64. The van der Waals surface area contributed by atoms with E-state index in [1.165, 1.54) is 5.57 Å². The van der Waals surface area contributed by atoms with Crippen molar-refractivity contribution in [2.45, 2.75) is 58.5 Å². The number of methoxy groups -OCH3 is 2. The van der Waals surface area contributed by atoms with Crippen molar-refractivity contribution in [1.82, 2.24) is 0 Å². The maximum absolute atomic E-state index is 11.8. The highest BCUT2D eigenvalue weighted by molar-refractivity contribution is 5.90. The molecule has 2 saturated carbocycles. The van der Waals surface area contributed by atoms with Crippen molar-refractivity contribution in [3.05, 3.63) is 23.8 Å². The molecule has 1 heterocycles. The maximum atomic E-state index is 11.8. The number of fused-ring (bicyclic) bond motifs is 1. The Bertz CT molecular complexity index is 595. The Morgan fingerprint density at radius 1 is 1.31 bits per heavy atom. The van der Waals surface area contributed by atoms with Crippen molar-refractivity contribution in [2.24, 2.45) is 22.7 Å². The van der Waals surface area contributed by atoms with Crippen molar-refractivity contribution in [3.8, 4) is 0 Å². The summed E-state index contributed by atoms with van der Waals surface area (Å²) < 4.78 is 16.6. The summed E-state index contributed by atoms with van der Waals surface area (Å²) in [4.78, 5) is 11.8. The minimum Gasteiger partial charge on any atom is -0.458 e. The normalized spacial score (nSPS) is 40.2. The molecular formula is C22H34O4. The highest BCUT2D eigenvalue weighted by atomic mass is 16.5. The van der Waals surface area contributed by atoms with Gasteiger partial charge in [0.05, 0.1) is 12.7 Å². The van der Waals surface area contributed by atoms with Gasteiger partial charge in [-0.1, -0.05) is 26.0 Å². The van der Waals surface area contributed by atoms with Crippen LogP contribution in [0.2, 0.25) is 0 Å². The molecule has 0 saturated heterocycles. The number of hydrogen-bond acceptors (Lipinski definition) is 4. The number of esters is 1. The third kappa shape index (κ3) is 3.16. The first-order valence-electron chi connectivity index (χ1n) is 9.92. The lowest BCUT2D eigenvalue weighted by Gasteiger charge is -2.60. The van der Waals surface area contributed by atoms with E-state index in [0.29, 0.717) is 18.4 Å². The molecule has 4 unspecified atom stereocenters. The predicted molar refractivity (Wildman–Crippen MR) is 102 cm³/mol. The van der Waals surface area contributed by atoms with Gasteiger partial charge < -0.3 is 14.2 Å². The Balaban J connectivity index is 1.84. The standard InChI is InChI=1S/C22H34O4/c1-15-6-9-18-21(2,12-10-19(25-5)22(18,3)14-24-4)17(15)8-7-16-11-13-26-20(16)23/h11,17-19H,1,6-10,12-14H2,2-5H3/t17?,18?,19?,21?,22-/m0/s1. The van der Waals surface area contributed by atoms with Gasteiger partial charge in [-0.05, 0) is 61.9 Å². The van der Waals surface area contributed by atoms with Gasteiger partial charge in [0.2, 0.25) is 0 Å². The first-order valence-corrected chi connectivity index (χ1v) is 9.92. The molecule has 2 aliphatic carbocycles. The van der Waals surface area contributed by atoms with Crippen molar-refractivity contribution >= 4 is 5.97 Å². The van der Waals surface area contributed by atoms with Crippen LogP contribution in [0.5, 0.6) is 0 Å². The van der Waals surface area contributed by atoms with E-state index in [9.17, 15) is 4.79 Å². The van der Waals surface area contributed by atoms with Crippen LogP contribution in [-0.2, 0) is 19.0 Å². The molecule has 0 spiro atoms. The average molecular weight is 363 g/mol. The van der Waals surface area contributed by atoms with E-state index in [0.717, 1.165) is 50.7 Å². The summed E-state index contributed by atoms with van der Waals surface area (Å²) in [6.45, 7) is 10.4. The van der Waals surface area contributed by atoms with E-state index in [1.807, 2.05) is 13.2 Å². The average Bonchev–Trinajstić information content (AvgIpc) is 2.99. The van der Waals surface area contributed by atoms with Gasteiger partial charge in [-0.3, -0.25) is 0 Å². The Morgan fingerprint density at radius 3 is 2.69 bits per heavy atom. The number of carbonyl (C=O) groups is 1. The van der Waals surface area contributed by atoms with Crippen LogP contribution < -0.4 is 0 Å². The lowest BCUT2D eigenvalue weighted by Crippen LogP contribution is -2.58. The molecule has 0 aromatic heterocycles.